The van der Waals surface area contributed by atoms with E-state index in [1.54, 1.807) is 13.2 Å². The molecule has 3 N–H and O–H groups in total. The first-order valence-corrected chi connectivity index (χ1v) is 7.66. The van der Waals surface area contributed by atoms with Crippen molar-refractivity contribution in [3.8, 4) is 0 Å². The predicted molar refractivity (Wildman–Crippen MR) is 71.0 cm³/mol. The summed E-state index contributed by atoms with van der Waals surface area (Å²) >= 11 is 0. The van der Waals surface area contributed by atoms with Crippen molar-refractivity contribution < 1.29 is 18.9 Å². The molecule has 0 aliphatic heterocycles. The van der Waals surface area contributed by atoms with E-state index in [0.29, 0.717) is 12.2 Å². The molecule has 0 rings (SSSR count). The first kappa shape index (κ1) is 16.9. The third-order valence-corrected chi connectivity index (χ3v) is 3.22. The first-order chi connectivity index (χ1) is 8.35. The normalized spacial score (nSPS) is 15.5. The maximum absolute atomic E-state index is 11.6. The molecule has 0 aromatic heterocycles. The van der Waals surface area contributed by atoms with Crippen LogP contribution in [0.2, 0.25) is 0 Å². The summed E-state index contributed by atoms with van der Waals surface area (Å²) in [4.78, 5) is 22.2. The quantitative estimate of drug-likeness (QED) is 0.609. The van der Waals surface area contributed by atoms with E-state index in [2.05, 4.69) is 10.6 Å². The maximum atomic E-state index is 11.6. The Morgan fingerprint density at radius 2 is 1.94 bits per heavy atom. The second kappa shape index (κ2) is 8.91. The van der Waals surface area contributed by atoms with Crippen LogP contribution in [-0.2, 0) is 15.6 Å². The van der Waals surface area contributed by atoms with Crippen LogP contribution in [0.1, 0.15) is 33.1 Å². The van der Waals surface area contributed by atoms with E-state index in [9.17, 15) is 13.8 Å². The molecule has 3 unspecified atom stereocenters. The zero-order valence-electron chi connectivity index (χ0n) is 11.1. The Bertz CT molecular complexity index is 309. The molecule has 18 heavy (non-hydrogen) atoms. The highest BCUT2D eigenvalue weighted by Crippen LogP contribution is 2.01. The number of rotatable bonds is 8. The molecule has 106 valence electrons. The molecule has 0 heterocycles. The number of amides is 2. The molecule has 0 aliphatic carbocycles. The number of carboxylic acids is 1. The van der Waals surface area contributed by atoms with Crippen molar-refractivity contribution in [1.82, 2.24) is 10.6 Å². The Hall–Kier alpha value is -1.11. The average Bonchev–Trinajstić information content (AvgIpc) is 2.14. The number of carboxylic acid groups (broad SMARTS) is 1. The number of hydrogen-bond acceptors (Lipinski definition) is 3. The third kappa shape index (κ3) is 8.98. The van der Waals surface area contributed by atoms with Gasteiger partial charge in [0.2, 0.25) is 0 Å². The molecule has 2 amide bonds. The molecule has 0 fully saturated rings. The van der Waals surface area contributed by atoms with Gasteiger partial charge in [0.1, 0.15) is 0 Å². The van der Waals surface area contributed by atoms with Gasteiger partial charge in [0.05, 0.1) is 6.42 Å². The van der Waals surface area contributed by atoms with Gasteiger partial charge in [0.25, 0.3) is 0 Å². The zero-order chi connectivity index (χ0) is 14.1. The van der Waals surface area contributed by atoms with Crippen molar-refractivity contribution in [1.29, 1.82) is 0 Å². The smallest absolute Gasteiger partial charge is 0.315 e. The van der Waals surface area contributed by atoms with E-state index in [4.69, 9.17) is 5.11 Å². The van der Waals surface area contributed by atoms with Gasteiger partial charge < -0.3 is 15.7 Å². The molecular formula is C11H22N2O4S. The number of hydrogen-bond donors (Lipinski definition) is 3. The summed E-state index contributed by atoms with van der Waals surface area (Å²) in [5, 5.41) is 14.0. The summed E-state index contributed by atoms with van der Waals surface area (Å²) in [7, 11) is -0.974. The van der Waals surface area contributed by atoms with Gasteiger partial charge in [0, 0.05) is 34.9 Å². The Kier molecular flexibility index (Phi) is 8.36. The van der Waals surface area contributed by atoms with Crippen LogP contribution in [-0.4, -0.2) is 45.4 Å². The highest BCUT2D eigenvalue weighted by Gasteiger charge is 2.16. The predicted octanol–water partition coefficient (Wildman–Crippen LogP) is 0.696. The molecule has 0 saturated heterocycles. The highest BCUT2D eigenvalue weighted by atomic mass is 32.2. The fourth-order valence-electron chi connectivity index (χ4n) is 1.63. The fourth-order valence-corrected chi connectivity index (χ4v) is 2.42. The van der Waals surface area contributed by atoms with Gasteiger partial charge in [-0.2, -0.15) is 0 Å². The monoisotopic (exact) mass is 278 g/mol. The highest BCUT2D eigenvalue weighted by molar-refractivity contribution is 7.84. The largest absolute Gasteiger partial charge is 0.481 e. The van der Waals surface area contributed by atoms with Crippen LogP contribution in [0.4, 0.5) is 4.79 Å². The summed E-state index contributed by atoms with van der Waals surface area (Å²) < 4.78 is 11.0. The Balaban J connectivity index is 4.15. The van der Waals surface area contributed by atoms with Crippen LogP contribution in [0.15, 0.2) is 0 Å². The number of aliphatic carboxylic acids is 1. The van der Waals surface area contributed by atoms with Crippen LogP contribution in [0, 0.1) is 0 Å². The third-order valence-electron chi connectivity index (χ3n) is 2.26. The van der Waals surface area contributed by atoms with E-state index in [1.165, 1.54) is 0 Å². The summed E-state index contributed by atoms with van der Waals surface area (Å²) in [6.07, 6.45) is 2.90. The SMILES string of the molecule is CCCC(CC(=O)O)NC(=O)NC(C)CS(C)=O. The second-order valence-corrected chi connectivity index (χ2v) is 5.82. The van der Waals surface area contributed by atoms with Crippen LogP contribution in [0.5, 0.6) is 0 Å². The number of carbonyl (C=O) groups excluding carboxylic acids is 1. The minimum absolute atomic E-state index is 0.0879. The van der Waals surface area contributed by atoms with Gasteiger partial charge in [-0.3, -0.25) is 9.00 Å². The van der Waals surface area contributed by atoms with Crippen molar-refractivity contribution in [2.45, 2.75) is 45.2 Å². The van der Waals surface area contributed by atoms with Crippen molar-refractivity contribution in [2.24, 2.45) is 0 Å². The Labute approximate surface area is 110 Å². The topological polar surface area (TPSA) is 95.5 Å². The van der Waals surface area contributed by atoms with E-state index in [1.807, 2.05) is 6.92 Å². The lowest BCUT2D eigenvalue weighted by Gasteiger charge is -2.19. The molecular weight excluding hydrogens is 256 g/mol. The minimum Gasteiger partial charge on any atom is -0.481 e. The van der Waals surface area contributed by atoms with Gasteiger partial charge in [-0.05, 0) is 13.3 Å². The van der Waals surface area contributed by atoms with Crippen molar-refractivity contribution in [3.05, 3.63) is 0 Å². The minimum atomic E-state index is -0.974. The summed E-state index contributed by atoms with van der Waals surface area (Å²) in [6, 6.07) is -0.984. The molecule has 7 heteroatoms. The first-order valence-electron chi connectivity index (χ1n) is 5.94. The van der Waals surface area contributed by atoms with Gasteiger partial charge in [-0.1, -0.05) is 13.3 Å². The summed E-state index contributed by atoms with van der Waals surface area (Å²) in [5.41, 5.74) is 0. The number of urea groups is 1. The molecule has 0 bridgehead atoms. The van der Waals surface area contributed by atoms with E-state index >= 15 is 0 Å². The van der Waals surface area contributed by atoms with Crippen molar-refractivity contribution in [3.63, 3.8) is 0 Å². The lowest BCUT2D eigenvalue weighted by molar-refractivity contribution is -0.137. The molecule has 0 saturated carbocycles. The van der Waals surface area contributed by atoms with Crippen molar-refractivity contribution >= 4 is 22.8 Å². The molecule has 6 nitrogen and oxygen atoms in total. The van der Waals surface area contributed by atoms with Crippen LogP contribution >= 0.6 is 0 Å². The zero-order valence-corrected chi connectivity index (χ0v) is 11.9. The van der Waals surface area contributed by atoms with Crippen LogP contribution < -0.4 is 10.6 Å². The lowest BCUT2D eigenvalue weighted by atomic mass is 10.1. The van der Waals surface area contributed by atoms with Crippen LogP contribution in [0.3, 0.4) is 0 Å². The molecule has 0 aliphatic rings. The van der Waals surface area contributed by atoms with Crippen LogP contribution in [0.25, 0.3) is 0 Å². The fraction of sp³-hybridized carbons (Fsp3) is 0.818. The van der Waals surface area contributed by atoms with E-state index in [0.717, 1.165) is 6.42 Å². The average molecular weight is 278 g/mol. The second-order valence-electron chi connectivity index (χ2n) is 4.34. The summed E-state index contributed by atoms with van der Waals surface area (Å²) in [5.74, 6) is -0.554. The molecule has 0 radical (unpaired) electrons. The number of carbonyl (C=O) groups is 2. The molecule has 0 aromatic carbocycles. The van der Waals surface area contributed by atoms with E-state index < -0.39 is 22.8 Å². The Morgan fingerprint density at radius 3 is 2.39 bits per heavy atom. The van der Waals surface area contributed by atoms with Gasteiger partial charge in [0.15, 0.2) is 0 Å². The standard InChI is InChI=1S/C11H22N2O4S/c1-4-5-9(6-10(14)15)13-11(16)12-8(2)7-18(3)17/h8-9H,4-7H2,1-3H3,(H,14,15)(H2,12,13,16). The number of nitrogens with one attached hydrogen (secondary N) is 2. The van der Waals surface area contributed by atoms with E-state index in [-0.39, 0.29) is 18.5 Å². The molecule has 0 spiro atoms. The van der Waals surface area contributed by atoms with Gasteiger partial charge in [-0.15, -0.1) is 0 Å². The van der Waals surface area contributed by atoms with Crippen molar-refractivity contribution in [2.75, 3.05) is 12.0 Å². The Morgan fingerprint density at radius 1 is 1.33 bits per heavy atom. The maximum Gasteiger partial charge on any atom is 0.315 e. The van der Waals surface area contributed by atoms with Gasteiger partial charge in [-0.25, -0.2) is 4.79 Å². The molecule has 0 aromatic rings. The summed E-state index contributed by atoms with van der Waals surface area (Å²) in [6.45, 7) is 3.68. The molecule has 3 atom stereocenters. The lowest BCUT2D eigenvalue weighted by Crippen LogP contribution is -2.47. The van der Waals surface area contributed by atoms with Gasteiger partial charge >= 0.3 is 12.0 Å².